The van der Waals surface area contributed by atoms with E-state index in [1.54, 1.807) is 7.11 Å². The molecule has 1 atom stereocenters. The van der Waals surface area contributed by atoms with E-state index >= 15 is 0 Å². The molecule has 4 heteroatoms. The van der Waals surface area contributed by atoms with Crippen molar-refractivity contribution in [3.05, 3.63) is 59.2 Å². The van der Waals surface area contributed by atoms with E-state index in [-0.39, 0.29) is 11.9 Å². The third kappa shape index (κ3) is 2.90. The Kier molecular flexibility index (Phi) is 3.62. The molecule has 1 aliphatic rings. The quantitative estimate of drug-likeness (QED) is 0.905. The lowest BCUT2D eigenvalue weighted by molar-refractivity contribution is -0.115. The Balaban J connectivity index is 1.74. The van der Waals surface area contributed by atoms with E-state index in [1.807, 2.05) is 42.5 Å². The molecule has 0 bridgehead atoms. The summed E-state index contributed by atoms with van der Waals surface area (Å²) in [5.74, 6) is 0.889. The summed E-state index contributed by atoms with van der Waals surface area (Å²) in [5.41, 5.74) is 10.4. The number of rotatable bonds is 4. The SMILES string of the molecule is COc1ccc(CC(N)c2ccc3c(c2)CC(=O)N3)cc1. The van der Waals surface area contributed by atoms with Crippen LogP contribution in [-0.2, 0) is 17.6 Å². The van der Waals surface area contributed by atoms with E-state index in [1.165, 1.54) is 0 Å². The topological polar surface area (TPSA) is 64.3 Å². The van der Waals surface area contributed by atoms with Crippen molar-refractivity contribution in [1.82, 2.24) is 0 Å². The number of methoxy groups -OCH3 is 1. The molecular weight excluding hydrogens is 264 g/mol. The zero-order valence-corrected chi connectivity index (χ0v) is 11.9. The fraction of sp³-hybridized carbons (Fsp3) is 0.235. The third-order valence-corrected chi connectivity index (χ3v) is 3.80. The maximum atomic E-state index is 11.4. The second kappa shape index (κ2) is 5.58. The summed E-state index contributed by atoms with van der Waals surface area (Å²) in [7, 11) is 1.65. The summed E-state index contributed by atoms with van der Waals surface area (Å²) < 4.78 is 5.15. The molecule has 3 N–H and O–H groups in total. The molecule has 0 spiro atoms. The van der Waals surface area contributed by atoms with Gasteiger partial charge in [0.05, 0.1) is 13.5 Å². The monoisotopic (exact) mass is 282 g/mol. The third-order valence-electron chi connectivity index (χ3n) is 3.80. The van der Waals surface area contributed by atoms with Crippen molar-refractivity contribution in [3.8, 4) is 5.75 Å². The second-order valence-electron chi connectivity index (χ2n) is 5.30. The van der Waals surface area contributed by atoms with Gasteiger partial charge in [-0.25, -0.2) is 0 Å². The van der Waals surface area contributed by atoms with Crippen LogP contribution in [0.5, 0.6) is 5.75 Å². The summed E-state index contributed by atoms with van der Waals surface area (Å²) >= 11 is 0. The summed E-state index contributed by atoms with van der Waals surface area (Å²) in [4.78, 5) is 11.4. The van der Waals surface area contributed by atoms with Crippen molar-refractivity contribution in [2.24, 2.45) is 5.73 Å². The smallest absolute Gasteiger partial charge is 0.228 e. The van der Waals surface area contributed by atoms with Crippen LogP contribution in [0.2, 0.25) is 0 Å². The van der Waals surface area contributed by atoms with Crippen molar-refractivity contribution >= 4 is 11.6 Å². The number of ether oxygens (including phenoxy) is 1. The van der Waals surface area contributed by atoms with Crippen LogP contribution in [-0.4, -0.2) is 13.0 Å². The fourth-order valence-electron chi connectivity index (χ4n) is 2.61. The summed E-state index contributed by atoms with van der Waals surface area (Å²) in [6.45, 7) is 0. The van der Waals surface area contributed by atoms with Gasteiger partial charge in [-0.2, -0.15) is 0 Å². The zero-order valence-electron chi connectivity index (χ0n) is 11.9. The molecule has 3 rings (SSSR count). The van der Waals surface area contributed by atoms with Gasteiger partial charge in [-0.1, -0.05) is 24.3 Å². The lowest BCUT2D eigenvalue weighted by Gasteiger charge is -2.13. The molecule has 0 aliphatic carbocycles. The maximum Gasteiger partial charge on any atom is 0.228 e. The molecule has 2 aromatic rings. The van der Waals surface area contributed by atoms with Crippen molar-refractivity contribution in [2.45, 2.75) is 18.9 Å². The molecule has 0 saturated heterocycles. The van der Waals surface area contributed by atoms with Gasteiger partial charge in [-0.3, -0.25) is 4.79 Å². The molecule has 0 saturated carbocycles. The molecule has 4 nitrogen and oxygen atoms in total. The van der Waals surface area contributed by atoms with E-state index in [9.17, 15) is 4.79 Å². The van der Waals surface area contributed by atoms with Crippen LogP contribution in [0.15, 0.2) is 42.5 Å². The summed E-state index contributed by atoms with van der Waals surface area (Å²) in [5, 5.41) is 2.83. The van der Waals surface area contributed by atoms with Crippen molar-refractivity contribution < 1.29 is 9.53 Å². The van der Waals surface area contributed by atoms with Crippen LogP contribution in [0.25, 0.3) is 0 Å². The summed E-state index contributed by atoms with van der Waals surface area (Å²) in [6, 6.07) is 13.8. The number of benzene rings is 2. The van der Waals surface area contributed by atoms with Gasteiger partial charge in [0.1, 0.15) is 5.75 Å². The lowest BCUT2D eigenvalue weighted by atomic mass is 9.97. The highest BCUT2D eigenvalue weighted by Crippen LogP contribution is 2.27. The predicted octanol–water partition coefficient (Wildman–Crippen LogP) is 2.43. The minimum Gasteiger partial charge on any atom is -0.497 e. The normalized spacial score (nSPS) is 14.5. The van der Waals surface area contributed by atoms with Crippen molar-refractivity contribution in [2.75, 3.05) is 12.4 Å². The average Bonchev–Trinajstić information content (AvgIpc) is 2.87. The molecule has 0 fully saturated rings. The van der Waals surface area contributed by atoms with Gasteiger partial charge in [-0.05, 0) is 41.3 Å². The number of carbonyl (C=O) groups is 1. The number of anilines is 1. The van der Waals surface area contributed by atoms with Crippen LogP contribution in [0.1, 0.15) is 22.7 Å². The Morgan fingerprint density at radius 3 is 2.71 bits per heavy atom. The zero-order chi connectivity index (χ0) is 14.8. The van der Waals surface area contributed by atoms with Crippen LogP contribution >= 0.6 is 0 Å². The van der Waals surface area contributed by atoms with Crippen LogP contribution in [0.4, 0.5) is 5.69 Å². The Bertz CT molecular complexity index is 665. The standard InChI is InChI=1S/C17H18N2O2/c1-21-14-5-2-11(3-6-14)8-15(18)12-4-7-16-13(9-12)10-17(20)19-16/h2-7,9,15H,8,10,18H2,1H3,(H,19,20). The molecule has 1 aliphatic heterocycles. The largest absolute Gasteiger partial charge is 0.497 e. The van der Waals surface area contributed by atoms with Gasteiger partial charge in [0.25, 0.3) is 0 Å². The van der Waals surface area contributed by atoms with Gasteiger partial charge < -0.3 is 15.8 Å². The minimum absolute atomic E-state index is 0.0471. The summed E-state index contributed by atoms with van der Waals surface area (Å²) in [6.07, 6.45) is 1.20. The number of hydrogen-bond donors (Lipinski definition) is 2. The first-order valence-electron chi connectivity index (χ1n) is 6.97. The van der Waals surface area contributed by atoms with Crippen LogP contribution in [0.3, 0.4) is 0 Å². The first kappa shape index (κ1) is 13.6. The van der Waals surface area contributed by atoms with Gasteiger partial charge in [0, 0.05) is 11.7 Å². The molecule has 108 valence electrons. The van der Waals surface area contributed by atoms with Gasteiger partial charge in [0.2, 0.25) is 5.91 Å². The highest BCUT2D eigenvalue weighted by Gasteiger charge is 2.19. The molecule has 21 heavy (non-hydrogen) atoms. The second-order valence-corrected chi connectivity index (χ2v) is 5.30. The van der Waals surface area contributed by atoms with Gasteiger partial charge in [0.15, 0.2) is 0 Å². The molecule has 0 aromatic heterocycles. The minimum atomic E-state index is -0.0839. The molecule has 1 unspecified atom stereocenters. The molecular formula is C17H18N2O2. The predicted molar refractivity (Wildman–Crippen MR) is 82.4 cm³/mol. The van der Waals surface area contributed by atoms with E-state index in [0.29, 0.717) is 6.42 Å². The Labute approximate surface area is 123 Å². The molecule has 0 radical (unpaired) electrons. The number of amides is 1. The average molecular weight is 282 g/mol. The van der Waals surface area contributed by atoms with E-state index < -0.39 is 0 Å². The van der Waals surface area contributed by atoms with Gasteiger partial charge >= 0.3 is 0 Å². The van der Waals surface area contributed by atoms with E-state index in [0.717, 1.165) is 34.5 Å². The highest BCUT2D eigenvalue weighted by atomic mass is 16.5. The Morgan fingerprint density at radius 2 is 2.00 bits per heavy atom. The molecule has 1 heterocycles. The van der Waals surface area contributed by atoms with Crippen LogP contribution < -0.4 is 15.8 Å². The van der Waals surface area contributed by atoms with Gasteiger partial charge in [-0.15, -0.1) is 0 Å². The number of carbonyl (C=O) groups excluding carboxylic acids is 1. The number of nitrogens with one attached hydrogen (secondary N) is 1. The van der Waals surface area contributed by atoms with Crippen LogP contribution in [0, 0.1) is 0 Å². The van der Waals surface area contributed by atoms with E-state index in [2.05, 4.69) is 5.32 Å². The molecule has 2 aromatic carbocycles. The number of fused-ring (bicyclic) bond motifs is 1. The highest BCUT2D eigenvalue weighted by molar-refractivity contribution is 5.99. The van der Waals surface area contributed by atoms with Crippen molar-refractivity contribution in [1.29, 1.82) is 0 Å². The van der Waals surface area contributed by atoms with E-state index in [4.69, 9.17) is 10.5 Å². The number of hydrogen-bond acceptors (Lipinski definition) is 3. The maximum absolute atomic E-state index is 11.4. The Hall–Kier alpha value is -2.33. The first-order valence-corrected chi connectivity index (χ1v) is 6.97. The Morgan fingerprint density at radius 1 is 1.24 bits per heavy atom. The molecule has 1 amide bonds. The first-order chi connectivity index (χ1) is 10.2. The number of nitrogens with two attached hydrogens (primary N) is 1. The lowest BCUT2D eigenvalue weighted by Crippen LogP contribution is -2.13. The fourth-order valence-corrected chi connectivity index (χ4v) is 2.61. The van der Waals surface area contributed by atoms with Crippen molar-refractivity contribution in [3.63, 3.8) is 0 Å².